The highest BCUT2D eigenvalue weighted by Crippen LogP contribution is 2.19. The van der Waals surface area contributed by atoms with Gasteiger partial charge in [0.25, 0.3) is 0 Å². The molecule has 1 amide bonds. The molecule has 0 aromatic rings. The van der Waals surface area contributed by atoms with Crippen LogP contribution in [0.3, 0.4) is 0 Å². The molecule has 3 nitrogen and oxygen atoms in total. The summed E-state index contributed by atoms with van der Waals surface area (Å²) in [5, 5.41) is 2.97. The Hall–Kier alpha value is -0.0300. The zero-order valence-corrected chi connectivity index (χ0v) is 8.20. The average molecular weight is 238 g/mol. The highest BCUT2D eigenvalue weighted by molar-refractivity contribution is 9.09. The summed E-state index contributed by atoms with van der Waals surface area (Å²) in [5.41, 5.74) is 0. The van der Waals surface area contributed by atoms with Crippen LogP contribution in [0.15, 0.2) is 0 Å². The molecule has 1 aliphatic rings. The van der Waals surface area contributed by atoms with E-state index in [1.807, 2.05) is 0 Å². The molecular formula is C6H8BrNO2S. The molecule has 1 aliphatic heterocycles. The molecule has 1 fully saturated rings. The summed E-state index contributed by atoms with van der Waals surface area (Å²) in [5.74, 6) is 0.706. The topological polar surface area (TPSA) is 46.2 Å². The third kappa shape index (κ3) is 2.48. The van der Waals surface area contributed by atoms with Gasteiger partial charge in [0.2, 0.25) is 11.0 Å². The maximum atomic E-state index is 11.0. The van der Waals surface area contributed by atoms with E-state index in [-0.39, 0.29) is 22.4 Å². The Morgan fingerprint density at radius 3 is 3.00 bits per heavy atom. The largest absolute Gasteiger partial charge is 0.345 e. The van der Waals surface area contributed by atoms with E-state index >= 15 is 0 Å². The zero-order chi connectivity index (χ0) is 8.27. The molecule has 1 N–H and O–H groups in total. The normalized spacial score (nSPS) is 23.7. The van der Waals surface area contributed by atoms with Crippen molar-refractivity contribution in [3.8, 4) is 0 Å². The Kier molecular flexibility index (Phi) is 3.39. The van der Waals surface area contributed by atoms with Crippen LogP contribution in [-0.4, -0.2) is 28.1 Å². The number of nitrogens with one attached hydrogen (secondary N) is 1. The molecule has 1 atom stereocenters. The Bertz CT molecular complexity index is 185. The molecule has 0 bridgehead atoms. The number of rotatable bonds is 2. The lowest BCUT2D eigenvalue weighted by Crippen LogP contribution is -2.37. The minimum Gasteiger partial charge on any atom is -0.345 e. The van der Waals surface area contributed by atoms with Gasteiger partial charge in [0.05, 0.1) is 11.4 Å². The standard InChI is InChI=1S/C6H8BrNO2S/c7-3-5(9)8-4-1-2-11-6(4)10/h4H,1-3H2,(H,8,9). The molecule has 0 aromatic heterocycles. The zero-order valence-electron chi connectivity index (χ0n) is 5.80. The summed E-state index contributed by atoms with van der Waals surface area (Å²) in [6, 6.07) is -0.245. The van der Waals surface area contributed by atoms with E-state index in [0.717, 1.165) is 12.2 Å². The molecule has 62 valence electrons. The van der Waals surface area contributed by atoms with Gasteiger partial charge in [0, 0.05) is 5.75 Å². The van der Waals surface area contributed by atoms with Gasteiger partial charge in [-0.25, -0.2) is 0 Å². The number of carbonyl (C=O) groups excluding carboxylic acids is 2. The Morgan fingerprint density at radius 1 is 1.82 bits per heavy atom. The first-order valence-electron chi connectivity index (χ1n) is 3.26. The molecule has 0 aliphatic carbocycles. The molecule has 5 heteroatoms. The monoisotopic (exact) mass is 237 g/mol. The van der Waals surface area contributed by atoms with Crippen LogP contribution >= 0.6 is 27.7 Å². The van der Waals surface area contributed by atoms with Crippen LogP contribution in [0.25, 0.3) is 0 Å². The number of hydrogen-bond donors (Lipinski definition) is 1. The first-order valence-corrected chi connectivity index (χ1v) is 5.36. The second kappa shape index (κ2) is 4.11. The van der Waals surface area contributed by atoms with Gasteiger partial charge in [-0.1, -0.05) is 27.7 Å². The van der Waals surface area contributed by atoms with E-state index in [2.05, 4.69) is 21.2 Å². The summed E-state index contributed by atoms with van der Waals surface area (Å²) < 4.78 is 0. The smallest absolute Gasteiger partial charge is 0.231 e. The van der Waals surface area contributed by atoms with Gasteiger partial charge in [-0.15, -0.1) is 0 Å². The van der Waals surface area contributed by atoms with Crippen LogP contribution in [0, 0.1) is 0 Å². The van der Waals surface area contributed by atoms with E-state index in [4.69, 9.17) is 0 Å². The molecule has 0 radical (unpaired) electrons. The van der Waals surface area contributed by atoms with Crippen molar-refractivity contribution in [1.82, 2.24) is 5.32 Å². The summed E-state index contributed by atoms with van der Waals surface area (Å²) in [4.78, 5) is 21.8. The van der Waals surface area contributed by atoms with Crippen LogP contribution < -0.4 is 5.32 Å². The maximum absolute atomic E-state index is 11.0. The predicted octanol–water partition coefficient (Wildman–Crippen LogP) is 0.530. The van der Waals surface area contributed by atoms with Gasteiger partial charge in [0.1, 0.15) is 0 Å². The first kappa shape index (κ1) is 9.06. The number of carbonyl (C=O) groups is 2. The fraction of sp³-hybridized carbons (Fsp3) is 0.667. The fourth-order valence-electron chi connectivity index (χ4n) is 0.860. The number of hydrogen-bond acceptors (Lipinski definition) is 3. The minimum atomic E-state index is -0.245. The summed E-state index contributed by atoms with van der Waals surface area (Å²) >= 11 is 4.30. The van der Waals surface area contributed by atoms with Gasteiger partial charge in [-0.3, -0.25) is 9.59 Å². The van der Waals surface area contributed by atoms with Crippen molar-refractivity contribution in [2.45, 2.75) is 12.5 Å². The van der Waals surface area contributed by atoms with E-state index in [1.165, 1.54) is 11.8 Å². The third-order valence-corrected chi connectivity index (χ3v) is 2.91. The van der Waals surface area contributed by atoms with Crippen LogP contribution in [-0.2, 0) is 9.59 Å². The van der Waals surface area contributed by atoms with Gasteiger partial charge in [-0.2, -0.15) is 0 Å². The number of thioether (sulfide) groups is 1. The van der Waals surface area contributed by atoms with Crippen molar-refractivity contribution in [2.24, 2.45) is 0 Å². The quantitative estimate of drug-likeness (QED) is 0.714. The third-order valence-electron chi connectivity index (χ3n) is 1.39. The molecule has 1 unspecified atom stereocenters. The number of halogens is 1. The molecule has 0 aromatic carbocycles. The number of amides is 1. The number of alkyl halides is 1. The fourth-order valence-corrected chi connectivity index (χ4v) is 1.95. The molecule has 0 saturated carbocycles. The van der Waals surface area contributed by atoms with Crippen LogP contribution in [0.1, 0.15) is 6.42 Å². The highest BCUT2D eigenvalue weighted by Gasteiger charge is 2.25. The Balaban J connectivity index is 2.36. The van der Waals surface area contributed by atoms with Crippen molar-refractivity contribution in [1.29, 1.82) is 0 Å². The first-order chi connectivity index (χ1) is 5.24. The molecule has 1 heterocycles. The molecule has 1 saturated heterocycles. The Labute approximate surface area is 77.4 Å². The molecule has 11 heavy (non-hydrogen) atoms. The van der Waals surface area contributed by atoms with E-state index < -0.39 is 0 Å². The summed E-state index contributed by atoms with van der Waals surface area (Å²) in [6.07, 6.45) is 0.766. The summed E-state index contributed by atoms with van der Waals surface area (Å²) in [7, 11) is 0. The van der Waals surface area contributed by atoms with Gasteiger partial charge >= 0.3 is 0 Å². The van der Waals surface area contributed by atoms with Crippen molar-refractivity contribution in [3.05, 3.63) is 0 Å². The second-order valence-corrected chi connectivity index (χ2v) is 3.87. The molecule has 1 rings (SSSR count). The second-order valence-electron chi connectivity index (χ2n) is 2.21. The predicted molar refractivity (Wildman–Crippen MR) is 47.8 cm³/mol. The van der Waals surface area contributed by atoms with Crippen LogP contribution in [0.5, 0.6) is 0 Å². The van der Waals surface area contributed by atoms with E-state index in [0.29, 0.717) is 0 Å². The Morgan fingerprint density at radius 2 is 2.55 bits per heavy atom. The van der Waals surface area contributed by atoms with Crippen molar-refractivity contribution < 1.29 is 9.59 Å². The molecule has 0 spiro atoms. The maximum Gasteiger partial charge on any atom is 0.231 e. The average Bonchev–Trinajstić information content (AvgIpc) is 2.37. The van der Waals surface area contributed by atoms with E-state index in [1.54, 1.807) is 0 Å². The molecular weight excluding hydrogens is 230 g/mol. The van der Waals surface area contributed by atoms with Crippen molar-refractivity contribution in [2.75, 3.05) is 11.1 Å². The summed E-state index contributed by atoms with van der Waals surface area (Å²) in [6.45, 7) is 0. The van der Waals surface area contributed by atoms with Crippen LogP contribution in [0.2, 0.25) is 0 Å². The van der Waals surface area contributed by atoms with Crippen molar-refractivity contribution >= 4 is 38.7 Å². The van der Waals surface area contributed by atoms with Gasteiger partial charge < -0.3 is 5.32 Å². The highest BCUT2D eigenvalue weighted by atomic mass is 79.9. The van der Waals surface area contributed by atoms with Gasteiger partial charge in [0.15, 0.2) is 0 Å². The minimum absolute atomic E-state index is 0.0827. The lowest BCUT2D eigenvalue weighted by molar-refractivity contribution is -0.122. The van der Waals surface area contributed by atoms with Gasteiger partial charge in [-0.05, 0) is 6.42 Å². The van der Waals surface area contributed by atoms with Crippen molar-refractivity contribution in [3.63, 3.8) is 0 Å². The lowest BCUT2D eigenvalue weighted by Gasteiger charge is -2.07. The van der Waals surface area contributed by atoms with E-state index in [9.17, 15) is 9.59 Å². The SMILES string of the molecule is O=C(CBr)NC1CCSC1=O. The lowest BCUT2D eigenvalue weighted by atomic mass is 10.2. The van der Waals surface area contributed by atoms with Crippen LogP contribution in [0.4, 0.5) is 0 Å².